The number of benzene rings is 1. The van der Waals surface area contributed by atoms with Crippen LogP contribution in [0.1, 0.15) is 20.8 Å². The Kier molecular flexibility index (Phi) is 4.40. The van der Waals surface area contributed by atoms with Gasteiger partial charge in [0.25, 0.3) is 5.56 Å². The quantitative estimate of drug-likeness (QED) is 0.561. The number of aromatic amines is 2. The van der Waals surface area contributed by atoms with Gasteiger partial charge in [-0.05, 0) is 30.3 Å². The lowest BCUT2D eigenvalue weighted by molar-refractivity contribution is 0.0514. The summed E-state index contributed by atoms with van der Waals surface area (Å²) in [5.74, 6) is -0.418. The Labute approximate surface area is 141 Å². The minimum Gasteiger partial charge on any atom is -0.461 e. The summed E-state index contributed by atoms with van der Waals surface area (Å²) in [7, 11) is 0. The number of carbonyl (C=O) groups is 1. The number of hydrogen-bond donors (Lipinski definition) is 2. The molecule has 0 aliphatic heterocycles. The highest BCUT2D eigenvalue weighted by atomic mass is 32.1. The van der Waals surface area contributed by atoms with Gasteiger partial charge < -0.3 is 9.72 Å². The highest BCUT2D eigenvalue weighted by Gasteiger charge is 2.19. The zero-order valence-corrected chi connectivity index (χ0v) is 14.0. The Hall–Kier alpha value is -2.25. The minimum atomic E-state index is -0.418. The highest BCUT2D eigenvalue weighted by Crippen LogP contribution is 2.27. The molecule has 1 aromatic carbocycles. The summed E-state index contributed by atoms with van der Waals surface area (Å²) in [5, 5.41) is 0.457. The second-order valence-corrected chi connectivity index (χ2v) is 6.47. The zero-order valence-electron chi connectivity index (χ0n) is 12.3. The fraction of sp³-hybridized carbons (Fsp3) is 0.188. The van der Waals surface area contributed by atoms with Gasteiger partial charge in [-0.1, -0.05) is 30.3 Å². The summed E-state index contributed by atoms with van der Waals surface area (Å²) < 4.78 is 5.58. The van der Waals surface area contributed by atoms with Crippen LogP contribution in [0.15, 0.2) is 35.1 Å². The average Bonchev–Trinajstić information content (AvgIpc) is 2.85. The van der Waals surface area contributed by atoms with Gasteiger partial charge in [0.1, 0.15) is 9.71 Å². The van der Waals surface area contributed by atoms with Crippen molar-refractivity contribution in [2.24, 2.45) is 0 Å². The van der Waals surface area contributed by atoms with Crippen LogP contribution in [0.4, 0.5) is 0 Å². The third-order valence-corrected chi connectivity index (χ3v) is 4.87. The van der Waals surface area contributed by atoms with Crippen LogP contribution in [0, 0.1) is 11.7 Å². The second-order valence-electron chi connectivity index (χ2n) is 5.04. The maximum absolute atomic E-state index is 12.3. The molecule has 2 aromatic heterocycles. The Morgan fingerprint density at radius 2 is 2.00 bits per heavy atom. The van der Waals surface area contributed by atoms with E-state index in [1.807, 2.05) is 30.3 Å². The number of thiophene rings is 1. The molecule has 0 aliphatic rings. The van der Waals surface area contributed by atoms with Gasteiger partial charge in [0.15, 0.2) is 4.77 Å². The molecule has 7 heteroatoms. The van der Waals surface area contributed by atoms with E-state index in [1.165, 1.54) is 11.3 Å². The first kappa shape index (κ1) is 15.6. The van der Waals surface area contributed by atoms with Crippen molar-refractivity contribution in [3.8, 4) is 0 Å². The summed E-state index contributed by atoms with van der Waals surface area (Å²) >= 11 is 6.14. The Bertz CT molecular complexity index is 970. The SMILES string of the molecule is Cc1c(C(=O)OCCc2ccccc2)sc2[nH]c(=S)[nH]c(=O)c12. The molecule has 0 atom stereocenters. The molecule has 0 aliphatic carbocycles. The van der Waals surface area contributed by atoms with Crippen molar-refractivity contribution in [3.05, 3.63) is 61.5 Å². The van der Waals surface area contributed by atoms with E-state index in [9.17, 15) is 9.59 Å². The van der Waals surface area contributed by atoms with Crippen LogP contribution in [0.25, 0.3) is 10.2 Å². The largest absolute Gasteiger partial charge is 0.461 e. The van der Waals surface area contributed by atoms with Gasteiger partial charge in [-0.25, -0.2) is 4.79 Å². The molecule has 23 heavy (non-hydrogen) atoms. The summed E-state index contributed by atoms with van der Waals surface area (Å²) in [6, 6.07) is 9.80. The maximum Gasteiger partial charge on any atom is 0.348 e. The van der Waals surface area contributed by atoms with Crippen molar-refractivity contribution in [2.45, 2.75) is 13.3 Å². The lowest BCUT2D eigenvalue weighted by atomic mass is 10.2. The van der Waals surface area contributed by atoms with Gasteiger partial charge in [-0.2, -0.15) is 0 Å². The van der Waals surface area contributed by atoms with Gasteiger partial charge >= 0.3 is 5.97 Å². The van der Waals surface area contributed by atoms with E-state index < -0.39 is 5.97 Å². The molecular weight excluding hydrogens is 332 g/mol. The smallest absolute Gasteiger partial charge is 0.348 e. The van der Waals surface area contributed by atoms with E-state index in [0.717, 1.165) is 5.56 Å². The molecule has 3 rings (SSSR count). The number of H-pyrrole nitrogens is 2. The van der Waals surface area contributed by atoms with Gasteiger partial charge in [0, 0.05) is 6.42 Å². The van der Waals surface area contributed by atoms with Crippen LogP contribution in [-0.2, 0) is 11.2 Å². The fourth-order valence-corrected chi connectivity index (χ4v) is 3.70. The molecule has 0 saturated heterocycles. The van der Waals surface area contributed by atoms with Crippen LogP contribution in [0.5, 0.6) is 0 Å². The monoisotopic (exact) mass is 346 g/mol. The highest BCUT2D eigenvalue weighted by molar-refractivity contribution is 7.71. The van der Waals surface area contributed by atoms with E-state index >= 15 is 0 Å². The van der Waals surface area contributed by atoms with Gasteiger partial charge in [0.2, 0.25) is 0 Å². The van der Waals surface area contributed by atoms with Crippen LogP contribution in [0.3, 0.4) is 0 Å². The molecule has 0 unspecified atom stereocenters. The molecule has 2 N–H and O–H groups in total. The van der Waals surface area contributed by atoms with Crippen LogP contribution >= 0.6 is 23.6 Å². The normalized spacial score (nSPS) is 10.8. The Morgan fingerprint density at radius 3 is 2.74 bits per heavy atom. The first-order valence-corrected chi connectivity index (χ1v) is 8.25. The zero-order chi connectivity index (χ0) is 16.4. The van der Waals surface area contributed by atoms with Crippen molar-refractivity contribution in [2.75, 3.05) is 6.61 Å². The van der Waals surface area contributed by atoms with Gasteiger partial charge in [0.05, 0.1) is 12.0 Å². The number of carbonyl (C=O) groups excluding carboxylic acids is 1. The lowest BCUT2D eigenvalue weighted by Gasteiger charge is -2.04. The molecule has 118 valence electrons. The van der Waals surface area contributed by atoms with Crippen molar-refractivity contribution < 1.29 is 9.53 Å². The Morgan fingerprint density at radius 1 is 1.26 bits per heavy atom. The standard InChI is InChI=1S/C16H14N2O3S2/c1-9-11-13(19)17-16(22)18-14(11)23-12(9)15(20)21-8-7-10-5-3-2-4-6-10/h2-6H,7-8H2,1H3,(H2,17,18,19,22). The van der Waals surface area contributed by atoms with Crippen LogP contribution in [-0.4, -0.2) is 22.5 Å². The molecule has 0 fully saturated rings. The van der Waals surface area contributed by atoms with Crippen molar-refractivity contribution in [3.63, 3.8) is 0 Å². The number of aryl methyl sites for hydroxylation is 1. The maximum atomic E-state index is 12.3. The Balaban J connectivity index is 1.79. The van der Waals surface area contributed by atoms with E-state index in [-0.39, 0.29) is 10.3 Å². The van der Waals surface area contributed by atoms with Gasteiger partial charge in [-0.15, -0.1) is 11.3 Å². The van der Waals surface area contributed by atoms with Crippen molar-refractivity contribution in [1.82, 2.24) is 9.97 Å². The van der Waals surface area contributed by atoms with Crippen LogP contribution in [0.2, 0.25) is 0 Å². The van der Waals surface area contributed by atoms with E-state index in [1.54, 1.807) is 6.92 Å². The van der Waals surface area contributed by atoms with Crippen molar-refractivity contribution >= 4 is 39.7 Å². The molecule has 5 nitrogen and oxygen atoms in total. The average molecular weight is 346 g/mol. The summed E-state index contributed by atoms with van der Waals surface area (Å²) in [5.41, 5.74) is 1.43. The van der Waals surface area contributed by atoms with Gasteiger partial charge in [-0.3, -0.25) is 9.78 Å². The predicted octanol–water partition coefficient (Wildman–Crippen LogP) is 3.36. The molecule has 3 aromatic rings. The van der Waals surface area contributed by atoms with E-state index in [2.05, 4.69) is 9.97 Å². The number of esters is 1. The first-order chi connectivity index (χ1) is 11.1. The second kappa shape index (κ2) is 6.47. The molecule has 0 radical (unpaired) electrons. The van der Waals surface area contributed by atoms with E-state index in [0.29, 0.717) is 33.7 Å². The number of ether oxygens (including phenoxy) is 1. The fourth-order valence-electron chi connectivity index (χ4n) is 2.34. The predicted molar refractivity (Wildman–Crippen MR) is 92.8 cm³/mol. The molecule has 0 amide bonds. The lowest BCUT2D eigenvalue weighted by Crippen LogP contribution is -2.09. The molecule has 0 saturated carbocycles. The molecule has 2 heterocycles. The molecular formula is C16H14N2O3S2. The van der Waals surface area contributed by atoms with Crippen LogP contribution < -0.4 is 5.56 Å². The number of fused-ring (bicyclic) bond motifs is 1. The number of nitrogens with one attached hydrogen (secondary N) is 2. The first-order valence-electron chi connectivity index (χ1n) is 7.03. The third-order valence-electron chi connectivity index (χ3n) is 3.48. The number of aromatic nitrogens is 2. The molecule has 0 spiro atoms. The number of rotatable bonds is 4. The summed E-state index contributed by atoms with van der Waals surface area (Å²) in [6.07, 6.45) is 0.652. The molecule has 0 bridgehead atoms. The van der Waals surface area contributed by atoms with Crippen molar-refractivity contribution in [1.29, 1.82) is 0 Å². The third kappa shape index (κ3) is 3.25. The summed E-state index contributed by atoms with van der Waals surface area (Å²) in [4.78, 5) is 30.7. The van der Waals surface area contributed by atoms with E-state index in [4.69, 9.17) is 17.0 Å². The topological polar surface area (TPSA) is 75.0 Å². The summed E-state index contributed by atoms with van der Waals surface area (Å²) in [6.45, 7) is 2.03. The minimum absolute atomic E-state index is 0.243. The number of hydrogen-bond acceptors (Lipinski definition) is 5.